The molecular formula is C27H23F3N8O. The molecule has 0 radical (unpaired) electrons. The Morgan fingerprint density at radius 1 is 0.923 bits per heavy atom. The molecule has 12 heteroatoms. The second kappa shape index (κ2) is 10.0. The zero-order valence-electron chi connectivity index (χ0n) is 21.1. The van der Waals surface area contributed by atoms with Gasteiger partial charge in [0, 0.05) is 35.9 Å². The summed E-state index contributed by atoms with van der Waals surface area (Å²) in [6, 6.07) is 13.2. The van der Waals surface area contributed by atoms with Gasteiger partial charge in [0.1, 0.15) is 0 Å². The molecule has 5 rings (SSSR count). The monoisotopic (exact) mass is 532 g/mol. The number of nitrogens with one attached hydrogen (secondary N) is 3. The third-order valence-electron chi connectivity index (χ3n) is 5.95. The molecule has 0 unspecified atom stereocenters. The van der Waals surface area contributed by atoms with Gasteiger partial charge in [0.05, 0.1) is 22.8 Å². The van der Waals surface area contributed by atoms with Crippen molar-refractivity contribution in [3.63, 3.8) is 0 Å². The summed E-state index contributed by atoms with van der Waals surface area (Å²) in [6.45, 7) is 3.78. The highest BCUT2D eigenvalue weighted by Crippen LogP contribution is 2.31. The molecule has 3 heterocycles. The van der Waals surface area contributed by atoms with E-state index in [1.807, 2.05) is 26.0 Å². The highest BCUT2D eigenvalue weighted by atomic mass is 19.4. The van der Waals surface area contributed by atoms with Crippen molar-refractivity contribution in [2.45, 2.75) is 20.0 Å². The minimum atomic E-state index is -4.54. The van der Waals surface area contributed by atoms with Crippen LogP contribution in [0.5, 0.6) is 0 Å². The SMILES string of the molecule is Cc1ccc(Nc2ncc3c(Nc4cc(NC(=O)c5cccc(C(F)(F)F)c5)ccc4C)nn(C)c3n2)cn1. The first kappa shape index (κ1) is 25.6. The number of amides is 1. The third kappa shape index (κ3) is 5.64. The highest BCUT2D eigenvalue weighted by molar-refractivity contribution is 6.04. The van der Waals surface area contributed by atoms with Crippen molar-refractivity contribution in [1.29, 1.82) is 0 Å². The molecule has 3 aromatic heterocycles. The first-order valence-corrected chi connectivity index (χ1v) is 11.8. The maximum Gasteiger partial charge on any atom is 0.416 e. The van der Waals surface area contributed by atoms with Gasteiger partial charge >= 0.3 is 6.18 Å². The second-order valence-corrected chi connectivity index (χ2v) is 8.90. The van der Waals surface area contributed by atoms with Gasteiger partial charge in [-0.05, 0) is 61.9 Å². The van der Waals surface area contributed by atoms with Crippen LogP contribution < -0.4 is 16.0 Å². The average molecular weight is 533 g/mol. The van der Waals surface area contributed by atoms with Crippen LogP contribution in [0.2, 0.25) is 0 Å². The summed E-state index contributed by atoms with van der Waals surface area (Å²) in [5.74, 6) is 0.232. The number of hydrogen-bond donors (Lipinski definition) is 3. The Morgan fingerprint density at radius 3 is 2.46 bits per heavy atom. The van der Waals surface area contributed by atoms with Crippen LogP contribution in [0, 0.1) is 13.8 Å². The molecule has 39 heavy (non-hydrogen) atoms. The fraction of sp³-hybridized carbons (Fsp3) is 0.148. The molecular weight excluding hydrogens is 509 g/mol. The highest BCUT2D eigenvalue weighted by Gasteiger charge is 2.31. The Kier molecular flexibility index (Phi) is 6.60. The third-order valence-corrected chi connectivity index (χ3v) is 5.95. The van der Waals surface area contributed by atoms with Gasteiger partial charge in [0.15, 0.2) is 11.5 Å². The van der Waals surface area contributed by atoms with E-state index in [0.717, 1.165) is 29.1 Å². The zero-order valence-corrected chi connectivity index (χ0v) is 21.1. The maximum absolute atomic E-state index is 13.0. The van der Waals surface area contributed by atoms with Gasteiger partial charge in [-0.2, -0.15) is 23.3 Å². The number of carbonyl (C=O) groups is 1. The van der Waals surface area contributed by atoms with Gasteiger partial charge in [-0.25, -0.2) is 9.67 Å². The van der Waals surface area contributed by atoms with Gasteiger partial charge in [-0.1, -0.05) is 12.1 Å². The molecule has 2 aromatic carbocycles. The van der Waals surface area contributed by atoms with Crippen molar-refractivity contribution in [2.24, 2.45) is 7.05 Å². The molecule has 0 saturated heterocycles. The number of benzene rings is 2. The van der Waals surface area contributed by atoms with E-state index in [1.54, 1.807) is 42.3 Å². The molecule has 0 atom stereocenters. The first-order valence-electron chi connectivity index (χ1n) is 11.8. The van der Waals surface area contributed by atoms with E-state index in [0.29, 0.717) is 34.2 Å². The van der Waals surface area contributed by atoms with E-state index in [-0.39, 0.29) is 5.56 Å². The summed E-state index contributed by atoms with van der Waals surface area (Å²) in [6.07, 6.45) is -1.20. The molecule has 0 saturated carbocycles. The van der Waals surface area contributed by atoms with Gasteiger partial charge in [-0.3, -0.25) is 9.78 Å². The summed E-state index contributed by atoms with van der Waals surface area (Å²) in [5.41, 5.74) is 3.15. The normalized spacial score (nSPS) is 11.4. The molecule has 0 aliphatic rings. The van der Waals surface area contributed by atoms with Crippen LogP contribution in [0.1, 0.15) is 27.2 Å². The number of aryl methyl sites for hydroxylation is 3. The van der Waals surface area contributed by atoms with Crippen molar-refractivity contribution < 1.29 is 18.0 Å². The maximum atomic E-state index is 13.0. The lowest BCUT2D eigenvalue weighted by Crippen LogP contribution is -2.14. The van der Waals surface area contributed by atoms with E-state index in [4.69, 9.17) is 0 Å². The Morgan fingerprint density at radius 2 is 1.72 bits per heavy atom. The predicted molar refractivity (Wildman–Crippen MR) is 142 cm³/mol. The van der Waals surface area contributed by atoms with Crippen molar-refractivity contribution >= 4 is 45.8 Å². The standard InChI is InChI=1S/C27H23F3N8O/c1-15-7-9-19(33-25(39)17-5-4-6-18(11-17)27(28,29)30)12-22(15)35-23-21-14-32-26(36-24(21)38(3)37-23)34-20-10-8-16(2)31-13-20/h4-14H,1-3H3,(H,33,39)(H,35,37)(H,32,34,36). The van der Waals surface area contributed by atoms with Crippen LogP contribution in [0.4, 0.5) is 42.0 Å². The summed E-state index contributed by atoms with van der Waals surface area (Å²) < 4.78 is 40.8. The molecule has 0 bridgehead atoms. The molecule has 0 fully saturated rings. The zero-order chi connectivity index (χ0) is 27.7. The minimum absolute atomic E-state index is 0.0985. The van der Waals surface area contributed by atoms with Crippen molar-refractivity contribution in [1.82, 2.24) is 24.7 Å². The lowest BCUT2D eigenvalue weighted by molar-refractivity contribution is -0.137. The van der Waals surface area contributed by atoms with Crippen molar-refractivity contribution in [3.8, 4) is 0 Å². The fourth-order valence-electron chi connectivity index (χ4n) is 3.86. The van der Waals surface area contributed by atoms with Crippen LogP contribution in [0.3, 0.4) is 0 Å². The van der Waals surface area contributed by atoms with Crippen LogP contribution in [0.25, 0.3) is 11.0 Å². The number of hydrogen-bond acceptors (Lipinski definition) is 7. The van der Waals surface area contributed by atoms with Gasteiger partial charge in [0.2, 0.25) is 5.95 Å². The smallest absolute Gasteiger partial charge is 0.338 e. The Hall–Kier alpha value is -5.00. The first-order chi connectivity index (χ1) is 18.6. The lowest BCUT2D eigenvalue weighted by Gasteiger charge is -2.12. The number of halogens is 3. The topological polar surface area (TPSA) is 110 Å². The summed E-state index contributed by atoms with van der Waals surface area (Å²) >= 11 is 0. The number of nitrogens with zero attached hydrogens (tertiary/aromatic N) is 5. The van der Waals surface area contributed by atoms with E-state index in [1.165, 1.54) is 12.1 Å². The molecule has 0 spiro atoms. The minimum Gasteiger partial charge on any atom is -0.338 e. The van der Waals surface area contributed by atoms with Gasteiger partial charge in [-0.15, -0.1) is 0 Å². The molecule has 198 valence electrons. The molecule has 0 aliphatic carbocycles. The van der Waals surface area contributed by atoms with Crippen molar-refractivity contribution in [3.05, 3.63) is 89.4 Å². The van der Waals surface area contributed by atoms with Crippen LogP contribution in [-0.4, -0.2) is 30.6 Å². The van der Waals surface area contributed by atoms with E-state index < -0.39 is 17.6 Å². The molecule has 3 N–H and O–H groups in total. The van der Waals surface area contributed by atoms with E-state index in [2.05, 4.69) is 36.0 Å². The van der Waals surface area contributed by atoms with Crippen LogP contribution in [0.15, 0.2) is 67.0 Å². The van der Waals surface area contributed by atoms with Crippen molar-refractivity contribution in [2.75, 3.05) is 16.0 Å². The molecule has 1 amide bonds. The Bertz CT molecular complexity index is 1680. The Balaban J connectivity index is 1.36. The number of rotatable bonds is 6. The van der Waals surface area contributed by atoms with E-state index >= 15 is 0 Å². The number of anilines is 5. The number of carbonyl (C=O) groups excluding carboxylic acids is 1. The van der Waals surface area contributed by atoms with E-state index in [9.17, 15) is 18.0 Å². The number of aromatic nitrogens is 5. The number of fused-ring (bicyclic) bond motifs is 1. The Labute approximate surface area is 221 Å². The summed E-state index contributed by atoms with van der Waals surface area (Å²) in [5, 5.41) is 14.2. The summed E-state index contributed by atoms with van der Waals surface area (Å²) in [4.78, 5) is 25.9. The molecule has 9 nitrogen and oxygen atoms in total. The number of pyridine rings is 1. The quantitative estimate of drug-likeness (QED) is 0.241. The largest absolute Gasteiger partial charge is 0.416 e. The fourth-order valence-corrected chi connectivity index (χ4v) is 3.86. The second-order valence-electron chi connectivity index (χ2n) is 8.90. The van der Waals surface area contributed by atoms with Crippen LogP contribution in [-0.2, 0) is 13.2 Å². The van der Waals surface area contributed by atoms with Gasteiger partial charge in [0.25, 0.3) is 5.91 Å². The predicted octanol–water partition coefficient (Wildman–Crippen LogP) is 6.13. The average Bonchev–Trinajstić information content (AvgIpc) is 3.21. The molecule has 5 aromatic rings. The van der Waals surface area contributed by atoms with Gasteiger partial charge < -0.3 is 16.0 Å². The summed E-state index contributed by atoms with van der Waals surface area (Å²) in [7, 11) is 1.76. The number of alkyl halides is 3. The van der Waals surface area contributed by atoms with Crippen LogP contribution >= 0.6 is 0 Å². The molecule has 0 aliphatic heterocycles. The lowest BCUT2D eigenvalue weighted by atomic mass is 10.1.